The molecule has 18 heavy (non-hydrogen) atoms. The molecule has 0 radical (unpaired) electrons. The quantitative estimate of drug-likeness (QED) is 0.766. The van der Waals surface area contributed by atoms with Crippen molar-refractivity contribution in [2.45, 2.75) is 0 Å². The maximum atomic E-state index is 6.06. The Kier molecular flexibility index (Phi) is 2.78. The molecule has 2 aromatic heterocycles. The van der Waals surface area contributed by atoms with E-state index in [0.717, 1.165) is 11.1 Å². The molecule has 0 aliphatic heterocycles. The molecule has 0 bridgehead atoms. The second-order valence-electron chi connectivity index (χ2n) is 3.73. The molecule has 2 heterocycles. The van der Waals surface area contributed by atoms with Crippen LogP contribution in [0.3, 0.4) is 0 Å². The van der Waals surface area contributed by atoms with Crippen LogP contribution in [0.15, 0.2) is 48.8 Å². The zero-order valence-corrected chi connectivity index (χ0v) is 10.1. The van der Waals surface area contributed by atoms with Gasteiger partial charge in [-0.05, 0) is 6.07 Å². The summed E-state index contributed by atoms with van der Waals surface area (Å²) in [5.74, 6) is 1.29. The number of hydrogen-bond acceptors (Lipinski definition) is 3. The standard InChI is InChI=1S/C13H9ClN4/c14-11-8-15-7-6-10(11)13-16-12(17-18-13)9-4-2-1-3-5-9/h1-8H,(H,16,17,18). The van der Waals surface area contributed by atoms with Crippen molar-refractivity contribution in [3.63, 3.8) is 0 Å². The van der Waals surface area contributed by atoms with Gasteiger partial charge in [0.05, 0.1) is 5.02 Å². The van der Waals surface area contributed by atoms with Crippen molar-refractivity contribution in [3.05, 3.63) is 53.8 Å². The van der Waals surface area contributed by atoms with Gasteiger partial charge in [-0.1, -0.05) is 41.9 Å². The van der Waals surface area contributed by atoms with Crippen molar-refractivity contribution in [1.82, 2.24) is 20.2 Å². The Morgan fingerprint density at radius 1 is 1.06 bits per heavy atom. The molecule has 1 N–H and O–H groups in total. The van der Waals surface area contributed by atoms with E-state index in [0.29, 0.717) is 16.7 Å². The van der Waals surface area contributed by atoms with E-state index < -0.39 is 0 Å². The van der Waals surface area contributed by atoms with Crippen LogP contribution in [0, 0.1) is 0 Å². The van der Waals surface area contributed by atoms with E-state index in [1.165, 1.54) is 0 Å². The first kappa shape index (κ1) is 10.9. The summed E-state index contributed by atoms with van der Waals surface area (Å²) in [6, 6.07) is 11.6. The molecule has 0 aliphatic rings. The summed E-state index contributed by atoms with van der Waals surface area (Å²) in [4.78, 5) is 8.37. The predicted octanol–water partition coefficient (Wildman–Crippen LogP) is 3.19. The predicted molar refractivity (Wildman–Crippen MR) is 70.1 cm³/mol. The second kappa shape index (κ2) is 4.58. The molecule has 0 atom stereocenters. The lowest BCUT2D eigenvalue weighted by Gasteiger charge is -1.97. The van der Waals surface area contributed by atoms with E-state index in [1.807, 2.05) is 30.3 Å². The van der Waals surface area contributed by atoms with E-state index in [-0.39, 0.29) is 0 Å². The molecule has 1 aromatic carbocycles. The Hall–Kier alpha value is -2.20. The van der Waals surface area contributed by atoms with E-state index in [9.17, 15) is 0 Å². The molecule has 3 rings (SSSR count). The molecule has 0 amide bonds. The van der Waals surface area contributed by atoms with E-state index >= 15 is 0 Å². The Morgan fingerprint density at radius 2 is 1.89 bits per heavy atom. The summed E-state index contributed by atoms with van der Waals surface area (Å²) < 4.78 is 0. The van der Waals surface area contributed by atoms with Gasteiger partial charge < -0.3 is 0 Å². The van der Waals surface area contributed by atoms with Crippen molar-refractivity contribution in [2.24, 2.45) is 0 Å². The van der Waals surface area contributed by atoms with E-state index in [2.05, 4.69) is 20.2 Å². The third kappa shape index (κ3) is 1.98. The fraction of sp³-hybridized carbons (Fsp3) is 0. The maximum absolute atomic E-state index is 6.06. The van der Waals surface area contributed by atoms with Crippen molar-refractivity contribution < 1.29 is 0 Å². The SMILES string of the molecule is Clc1cnccc1-c1nc(-c2ccccc2)n[nH]1. The normalized spacial score (nSPS) is 10.5. The monoisotopic (exact) mass is 256 g/mol. The number of H-pyrrole nitrogens is 1. The van der Waals surface area contributed by atoms with E-state index in [4.69, 9.17) is 11.6 Å². The average Bonchev–Trinajstić information content (AvgIpc) is 2.90. The highest BCUT2D eigenvalue weighted by Crippen LogP contribution is 2.25. The van der Waals surface area contributed by atoms with Crippen LogP contribution in [0.5, 0.6) is 0 Å². The van der Waals surface area contributed by atoms with Gasteiger partial charge in [-0.15, -0.1) is 0 Å². The molecule has 0 fully saturated rings. The highest BCUT2D eigenvalue weighted by molar-refractivity contribution is 6.33. The highest BCUT2D eigenvalue weighted by Gasteiger charge is 2.09. The van der Waals surface area contributed by atoms with Crippen LogP contribution in [0.2, 0.25) is 5.02 Å². The van der Waals surface area contributed by atoms with Crippen LogP contribution in [0.1, 0.15) is 0 Å². The lowest BCUT2D eigenvalue weighted by Crippen LogP contribution is -1.83. The number of hydrogen-bond donors (Lipinski definition) is 1. The largest absolute Gasteiger partial charge is 0.263 e. The molecular weight excluding hydrogens is 248 g/mol. The fourth-order valence-electron chi connectivity index (χ4n) is 1.67. The van der Waals surface area contributed by atoms with Gasteiger partial charge >= 0.3 is 0 Å². The minimum absolute atomic E-state index is 0.549. The molecule has 0 saturated heterocycles. The van der Waals surface area contributed by atoms with Crippen molar-refractivity contribution in [3.8, 4) is 22.8 Å². The van der Waals surface area contributed by atoms with Gasteiger partial charge in [0.2, 0.25) is 0 Å². The van der Waals surface area contributed by atoms with E-state index in [1.54, 1.807) is 18.5 Å². The number of pyridine rings is 1. The van der Waals surface area contributed by atoms with Crippen LogP contribution in [-0.2, 0) is 0 Å². The number of benzene rings is 1. The molecule has 0 saturated carbocycles. The summed E-state index contributed by atoms with van der Waals surface area (Å²) in [5, 5.41) is 7.63. The van der Waals surface area contributed by atoms with Crippen LogP contribution < -0.4 is 0 Å². The number of nitrogens with one attached hydrogen (secondary N) is 1. The Labute approximate surface area is 109 Å². The van der Waals surface area contributed by atoms with Gasteiger partial charge in [0, 0.05) is 23.5 Å². The Balaban J connectivity index is 2.03. The molecule has 0 unspecified atom stereocenters. The van der Waals surface area contributed by atoms with Gasteiger partial charge in [0.15, 0.2) is 11.6 Å². The molecule has 4 nitrogen and oxygen atoms in total. The third-order valence-corrected chi connectivity index (χ3v) is 2.85. The molecule has 5 heteroatoms. The lowest BCUT2D eigenvalue weighted by molar-refractivity contribution is 1.10. The fourth-order valence-corrected chi connectivity index (χ4v) is 1.87. The summed E-state index contributed by atoms with van der Waals surface area (Å²) >= 11 is 6.06. The topological polar surface area (TPSA) is 54.5 Å². The molecule has 3 aromatic rings. The van der Waals surface area contributed by atoms with Crippen molar-refractivity contribution in [2.75, 3.05) is 0 Å². The summed E-state index contributed by atoms with van der Waals surface area (Å²) in [7, 11) is 0. The first-order valence-corrected chi connectivity index (χ1v) is 5.80. The van der Waals surface area contributed by atoms with Gasteiger partial charge in [0.1, 0.15) is 0 Å². The molecular formula is C13H9ClN4. The third-order valence-electron chi connectivity index (χ3n) is 2.54. The Morgan fingerprint density at radius 3 is 2.67 bits per heavy atom. The van der Waals surface area contributed by atoms with Crippen molar-refractivity contribution in [1.29, 1.82) is 0 Å². The zero-order chi connectivity index (χ0) is 12.4. The van der Waals surface area contributed by atoms with Gasteiger partial charge in [0.25, 0.3) is 0 Å². The first-order chi connectivity index (χ1) is 8.84. The molecule has 88 valence electrons. The number of aromatic amines is 1. The van der Waals surface area contributed by atoms with Crippen LogP contribution in [-0.4, -0.2) is 20.2 Å². The minimum atomic E-state index is 0.549. The number of nitrogens with zero attached hydrogens (tertiary/aromatic N) is 3. The molecule has 0 aliphatic carbocycles. The summed E-state index contributed by atoms with van der Waals surface area (Å²) in [6.45, 7) is 0. The summed E-state index contributed by atoms with van der Waals surface area (Å²) in [5.41, 5.74) is 1.76. The minimum Gasteiger partial charge on any atom is -0.263 e. The number of halogens is 1. The summed E-state index contributed by atoms with van der Waals surface area (Å²) in [6.07, 6.45) is 3.26. The average molecular weight is 257 g/mol. The zero-order valence-electron chi connectivity index (χ0n) is 9.34. The van der Waals surface area contributed by atoms with Gasteiger partial charge in [-0.3, -0.25) is 10.1 Å². The second-order valence-corrected chi connectivity index (χ2v) is 4.14. The van der Waals surface area contributed by atoms with Gasteiger partial charge in [-0.25, -0.2) is 4.98 Å². The number of rotatable bonds is 2. The smallest absolute Gasteiger partial charge is 0.181 e. The maximum Gasteiger partial charge on any atom is 0.181 e. The van der Waals surface area contributed by atoms with Crippen LogP contribution in [0.4, 0.5) is 0 Å². The van der Waals surface area contributed by atoms with Crippen LogP contribution >= 0.6 is 11.6 Å². The van der Waals surface area contributed by atoms with Crippen molar-refractivity contribution >= 4 is 11.6 Å². The first-order valence-electron chi connectivity index (χ1n) is 5.42. The Bertz CT molecular complexity index is 664. The van der Waals surface area contributed by atoms with Crippen LogP contribution in [0.25, 0.3) is 22.8 Å². The highest BCUT2D eigenvalue weighted by atomic mass is 35.5. The lowest BCUT2D eigenvalue weighted by atomic mass is 10.2. The molecule has 0 spiro atoms. The van der Waals surface area contributed by atoms with Gasteiger partial charge in [-0.2, -0.15) is 5.10 Å². The number of aromatic nitrogens is 4.